The van der Waals surface area contributed by atoms with Gasteiger partial charge in [-0.25, -0.2) is 0 Å². The van der Waals surface area contributed by atoms with Gasteiger partial charge < -0.3 is 5.32 Å². The first-order chi connectivity index (χ1) is 9.47. The van der Waals surface area contributed by atoms with Gasteiger partial charge in [-0.2, -0.15) is 0 Å². The smallest absolute Gasteiger partial charge is 0.263 e. The highest BCUT2D eigenvalue weighted by atomic mass is 32.1. The maximum atomic E-state index is 11.7. The first-order valence-electron chi connectivity index (χ1n) is 6.73. The highest BCUT2D eigenvalue weighted by Gasteiger charge is 2.12. The number of thiazole rings is 1. The van der Waals surface area contributed by atoms with Crippen LogP contribution in [0.25, 0.3) is 0 Å². The zero-order chi connectivity index (χ0) is 14.6. The minimum absolute atomic E-state index is 0.0428. The molecule has 2 aromatic rings. The molecule has 1 N–H and O–H groups in total. The van der Waals surface area contributed by atoms with Crippen LogP contribution >= 0.6 is 11.3 Å². The summed E-state index contributed by atoms with van der Waals surface area (Å²) < 4.78 is 0. The minimum atomic E-state index is -0.0428. The van der Waals surface area contributed by atoms with E-state index in [1.807, 2.05) is 0 Å². The van der Waals surface area contributed by atoms with Crippen LogP contribution in [0.1, 0.15) is 41.6 Å². The zero-order valence-electron chi connectivity index (χ0n) is 12.1. The third-order valence-electron chi connectivity index (χ3n) is 3.18. The van der Waals surface area contributed by atoms with E-state index in [2.05, 4.69) is 55.3 Å². The number of hydrogen-bond acceptors (Lipinski definition) is 3. The fraction of sp³-hybridized carbons (Fsp3) is 0.375. The quantitative estimate of drug-likeness (QED) is 0.936. The van der Waals surface area contributed by atoms with Gasteiger partial charge in [-0.3, -0.25) is 9.78 Å². The topological polar surface area (TPSA) is 42.0 Å². The molecule has 1 aromatic heterocycles. The van der Waals surface area contributed by atoms with Crippen molar-refractivity contribution in [2.45, 2.75) is 32.6 Å². The van der Waals surface area contributed by atoms with Crippen LogP contribution in [0.2, 0.25) is 0 Å². The van der Waals surface area contributed by atoms with E-state index in [9.17, 15) is 4.79 Å². The summed E-state index contributed by atoms with van der Waals surface area (Å²) in [5.41, 5.74) is 4.41. The molecule has 0 radical (unpaired) electrons. The molecule has 0 spiro atoms. The maximum absolute atomic E-state index is 11.7. The van der Waals surface area contributed by atoms with E-state index < -0.39 is 0 Å². The van der Waals surface area contributed by atoms with Crippen LogP contribution in [0.4, 0.5) is 0 Å². The predicted octanol–water partition coefficient (Wildman–Crippen LogP) is 3.41. The van der Waals surface area contributed by atoms with Crippen LogP contribution in [0.3, 0.4) is 0 Å². The normalized spacial score (nSPS) is 11.3. The summed E-state index contributed by atoms with van der Waals surface area (Å²) in [5, 5.41) is 2.91. The summed E-state index contributed by atoms with van der Waals surface area (Å²) in [6.07, 6.45) is 2.44. The Morgan fingerprint density at radius 1 is 1.25 bits per heavy atom. The second kappa shape index (κ2) is 6.18. The van der Waals surface area contributed by atoms with Crippen LogP contribution in [0.5, 0.6) is 0 Å². The Morgan fingerprint density at radius 3 is 2.50 bits per heavy atom. The third kappa shape index (κ3) is 3.90. The monoisotopic (exact) mass is 288 g/mol. The molecule has 0 bridgehead atoms. The molecule has 106 valence electrons. The Labute approximate surface area is 124 Å². The molecule has 0 aliphatic heterocycles. The SMILES string of the molecule is CC(C)(C)c1ccc(CCNC(=O)c2cncs2)cc1. The Hall–Kier alpha value is -1.68. The maximum Gasteiger partial charge on any atom is 0.263 e. The van der Waals surface area contributed by atoms with E-state index in [-0.39, 0.29) is 11.3 Å². The summed E-state index contributed by atoms with van der Waals surface area (Å²) in [6.45, 7) is 7.26. The van der Waals surface area contributed by atoms with Gasteiger partial charge in [0.15, 0.2) is 0 Å². The van der Waals surface area contributed by atoms with Crippen molar-refractivity contribution in [1.29, 1.82) is 0 Å². The number of carbonyl (C=O) groups excluding carboxylic acids is 1. The molecule has 1 amide bonds. The van der Waals surface area contributed by atoms with Crippen LogP contribution in [-0.4, -0.2) is 17.4 Å². The summed E-state index contributed by atoms with van der Waals surface area (Å²) in [4.78, 5) is 16.3. The molecule has 0 fully saturated rings. The van der Waals surface area contributed by atoms with Gasteiger partial charge in [0.05, 0.1) is 11.7 Å². The summed E-state index contributed by atoms with van der Waals surface area (Å²) in [6, 6.07) is 8.61. The van der Waals surface area contributed by atoms with Crippen molar-refractivity contribution in [1.82, 2.24) is 10.3 Å². The molecule has 20 heavy (non-hydrogen) atoms. The van der Waals surface area contributed by atoms with Crippen molar-refractivity contribution in [3.8, 4) is 0 Å². The number of carbonyl (C=O) groups is 1. The molecular weight excluding hydrogens is 268 g/mol. The summed E-state index contributed by atoms with van der Waals surface area (Å²) in [5.74, 6) is -0.0428. The molecular formula is C16H20N2OS. The van der Waals surface area contributed by atoms with Crippen LogP contribution in [0.15, 0.2) is 36.0 Å². The second-order valence-corrected chi connectivity index (χ2v) is 6.70. The van der Waals surface area contributed by atoms with Crippen LogP contribution < -0.4 is 5.32 Å². The lowest BCUT2D eigenvalue weighted by molar-refractivity contribution is 0.0958. The first-order valence-corrected chi connectivity index (χ1v) is 7.61. The van der Waals surface area contributed by atoms with E-state index in [0.717, 1.165) is 6.42 Å². The summed E-state index contributed by atoms with van der Waals surface area (Å²) >= 11 is 1.36. The van der Waals surface area contributed by atoms with Crippen LogP contribution in [0, 0.1) is 0 Å². The average Bonchev–Trinajstić information content (AvgIpc) is 2.92. The highest BCUT2D eigenvalue weighted by Crippen LogP contribution is 2.22. The van der Waals surface area contributed by atoms with E-state index >= 15 is 0 Å². The number of amides is 1. The lowest BCUT2D eigenvalue weighted by Gasteiger charge is -2.19. The van der Waals surface area contributed by atoms with Gasteiger partial charge in [0.1, 0.15) is 4.88 Å². The largest absolute Gasteiger partial charge is 0.351 e. The van der Waals surface area contributed by atoms with Crippen molar-refractivity contribution in [2.24, 2.45) is 0 Å². The second-order valence-electron chi connectivity index (χ2n) is 5.82. The number of hydrogen-bond donors (Lipinski definition) is 1. The lowest BCUT2D eigenvalue weighted by atomic mass is 9.86. The predicted molar refractivity (Wildman–Crippen MR) is 83.3 cm³/mol. The van der Waals surface area contributed by atoms with Crippen LogP contribution in [-0.2, 0) is 11.8 Å². The van der Waals surface area contributed by atoms with Gasteiger partial charge in [-0.15, -0.1) is 11.3 Å². The Balaban J connectivity index is 1.84. The van der Waals surface area contributed by atoms with E-state index in [4.69, 9.17) is 0 Å². The molecule has 1 heterocycles. The molecule has 2 rings (SSSR count). The average molecular weight is 288 g/mol. The number of benzene rings is 1. The summed E-state index contributed by atoms with van der Waals surface area (Å²) in [7, 11) is 0. The molecule has 4 heteroatoms. The fourth-order valence-corrected chi connectivity index (χ4v) is 2.44. The standard InChI is InChI=1S/C16H20N2OS/c1-16(2,3)13-6-4-12(5-7-13)8-9-18-15(19)14-10-17-11-20-14/h4-7,10-11H,8-9H2,1-3H3,(H,18,19). The molecule has 0 saturated carbocycles. The van der Waals surface area contributed by atoms with Crippen molar-refractivity contribution < 1.29 is 4.79 Å². The molecule has 0 aliphatic carbocycles. The fourth-order valence-electron chi connectivity index (χ4n) is 1.91. The zero-order valence-corrected chi connectivity index (χ0v) is 13.0. The van der Waals surface area contributed by atoms with E-state index in [0.29, 0.717) is 11.4 Å². The number of aromatic nitrogens is 1. The molecule has 0 aliphatic rings. The minimum Gasteiger partial charge on any atom is -0.351 e. The van der Waals surface area contributed by atoms with E-state index in [1.54, 1.807) is 11.7 Å². The molecule has 1 aromatic carbocycles. The van der Waals surface area contributed by atoms with Crippen molar-refractivity contribution in [3.05, 3.63) is 52.0 Å². The van der Waals surface area contributed by atoms with Gasteiger partial charge in [-0.1, -0.05) is 45.0 Å². The van der Waals surface area contributed by atoms with Crippen molar-refractivity contribution in [3.63, 3.8) is 0 Å². The van der Waals surface area contributed by atoms with E-state index in [1.165, 1.54) is 22.5 Å². The molecule has 0 unspecified atom stereocenters. The van der Waals surface area contributed by atoms with Gasteiger partial charge in [0.25, 0.3) is 5.91 Å². The molecule has 0 atom stereocenters. The number of nitrogens with zero attached hydrogens (tertiary/aromatic N) is 1. The molecule has 0 saturated heterocycles. The van der Waals surface area contributed by atoms with Gasteiger partial charge in [-0.05, 0) is 23.0 Å². The van der Waals surface area contributed by atoms with Gasteiger partial charge in [0.2, 0.25) is 0 Å². The highest BCUT2D eigenvalue weighted by molar-refractivity contribution is 7.11. The Bertz CT molecular complexity index is 553. The first kappa shape index (κ1) is 14.7. The number of rotatable bonds is 4. The van der Waals surface area contributed by atoms with Crippen molar-refractivity contribution >= 4 is 17.2 Å². The Morgan fingerprint density at radius 2 is 1.95 bits per heavy atom. The molecule has 3 nitrogen and oxygen atoms in total. The third-order valence-corrected chi connectivity index (χ3v) is 3.95. The lowest BCUT2D eigenvalue weighted by Crippen LogP contribution is -2.24. The van der Waals surface area contributed by atoms with Crippen molar-refractivity contribution in [2.75, 3.05) is 6.54 Å². The van der Waals surface area contributed by atoms with Gasteiger partial charge >= 0.3 is 0 Å². The number of nitrogens with one attached hydrogen (secondary N) is 1. The Kier molecular flexibility index (Phi) is 4.55. The van der Waals surface area contributed by atoms with Gasteiger partial charge in [0, 0.05) is 6.54 Å².